The number of nitrogens with zero attached hydrogens (tertiary/aromatic N) is 2. The van der Waals surface area contributed by atoms with Crippen LogP contribution < -0.4 is 4.74 Å². The van der Waals surface area contributed by atoms with E-state index in [1.54, 1.807) is 0 Å². The summed E-state index contributed by atoms with van der Waals surface area (Å²) in [6, 6.07) is 31.5. The first-order chi connectivity index (χ1) is 14.3. The quantitative estimate of drug-likeness (QED) is 0.368. The minimum absolute atomic E-state index is 0.436. The van der Waals surface area contributed by atoms with Crippen LogP contribution in [0.1, 0.15) is 17.0 Å². The maximum Gasteiger partial charge on any atom is 0.148 e. The summed E-state index contributed by atoms with van der Waals surface area (Å²) < 4.78 is 8.30. The van der Waals surface area contributed by atoms with Gasteiger partial charge in [-0.05, 0) is 53.6 Å². The minimum atomic E-state index is 0.436. The van der Waals surface area contributed by atoms with Crippen LogP contribution in [-0.4, -0.2) is 9.55 Å². The van der Waals surface area contributed by atoms with Crippen LogP contribution in [0.15, 0.2) is 91.0 Å². The van der Waals surface area contributed by atoms with Gasteiger partial charge in [0.1, 0.15) is 18.2 Å². The number of imidazole rings is 1. The Balaban J connectivity index is 1.49. The molecule has 5 rings (SSSR count). The van der Waals surface area contributed by atoms with Gasteiger partial charge in [-0.2, -0.15) is 0 Å². The molecule has 1 heterocycles. The second kappa shape index (κ2) is 7.44. The van der Waals surface area contributed by atoms with Crippen molar-refractivity contribution in [2.24, 2.45) is 0 Å². The van der Waals surface area contributed by atoms with Crippen LogP contribution in [0.5, 0.6) is 5.75 Å². The molecule has 0 aliphatic heterocycles. The molecule has 0 unspecified atom stereocenters. The molecule has 3 heteroatoms. The predicted octanol–water partition coefficient (Wildman–Crippen LogP) is 6.13. The summed E-state index contributed by atoms with van der Waals surface area (Å²) in [6.07, 6.45) is 0. The molecule has 3 nitrogen and oxygen atoms in total. The van der Waals surface area contributed by atoms with Crippen molar-refractivity contribution < 1.29 is 4.74 Å². The lowest BCUT2D eigenvalue weighted by Crippen LogP contribution is -2.08. The van der Waals surface area contributed by atoms with Gasteiger partial charge in [0.05, 0.1) is 11.0 Å². The average Bonchev–Trinajstić information content (AvgIpc) is 3.11. The Morgan fingerprint density at radius 2 is 1.55 bits per heavy atom. The van der Waals surface area contributed by atoms with E-state index < -0.39 is 0 Å². The number of aryl methyl sites for hydroxylation is 1. The summed E-state index contributed by atoms with van der Waals surface area (Å²) >= 11 is 0. The van der Waals surface area contributed by atoms with E-state index in [-0.39, 0.29) is 0 Å². The zero-order valence-corrected chi connectivity index (χ0v) is 16.4. The van der Waals surface area contributed by atoms with Gasteiger partial charge >= 0.3 is 0 Å². The molecule has 4 aromatic carbocycles. The van der Waals surface area contributed by atoms with E-state index in [2.05, 4.69) is 84.3 Å². The van der Waals surface area contributed by atoms with Crippen LogP contribution in [0.3, 0.4) is 0 Å². The third-order valence-corrected chi connectivity index (χ3v) is 5.28. The number of fused-ring (bicyclic) bond motifs is 2. The van der Waals surface area contributed by atoms with Gasteiger partial charge in [-0.3, -0.25) is 0 Å². The molecular formula is C26H22N2O. The lowest BCUT2D eigenvalue weighted by Gasteiger charge is -2.12. The molecule has 0 saturated heterocycles. The fourth-order valence-electron chi connectivity index (χ4n) is 3.71. The van der Waals surface area contributed by atoms with E-state index in [4.69, 9.17) is 9.72 Å². The standard InChI is InChI=1S/C26H22N2O/c1-19-10-14-23(15-11-19)29-18-26-27-24-8-4-5-9-25(24)28(26)17-20-12-13-21-6-2-3-7-22(21)16-20/h2-16H,17-18H2,1H3. The number of ether oxygens (including phenoxy) is 1. The Morgan fingerprint density at radius 3 is 2.41 bits per heavy atom. The monoisotopic (exact) mass is 378 g/mol. The highest BCUT2D eigenvalue weighted by molar-refractivity contribution is 5.83. The van der Waals surface area contributed by atoms with Crippen molar-refractivity contribution in [1.82, 2.24) is 9.55 Å². The molecule has 0 aliphatic carbocycles. The smallest absolute Gasteiger partial charge is 0.148 e. The van der Waals surface area contributed by atoms with Crippen LogP contribution in [0.25, 0.3) is 21.8 Å². The molecular weight excluding hydrogens is 356 g/mol. The van der Waals surface area contributed by atoms with Gasteiger partial charge in [-0.25, -0.2) is 4.98 Å². The van der Waals surface area contributed by atoms with E-state index in [1.807, 2.05) is 18.2 Å². The topological polar surface area (TPSA) is 27.1 Å². The minimum Gasteiger partial charge on any atom is -0.486 e. The Labute approximate surface area is 170 Å². The number of benzene rings is 4. The van der Waals surface area contributed by atoms with Crippen molar-refractivity contribution >= 4 is 21.8 Å². The molecule has 5 aromatic rings. The first-order valence-electron chi connectivity index (χ1n) is 9.87. The van der Waals surface area contributed by atoms with Crippen molar-refractivity contribution in [2.45, 2.75) is 20.1 Å². The zero-order chi connectivity index (χ0) is 19.6. The first kappa shape index (κ1) is 17.5. The molecule has 0 N–H and O–H groups in total. The molecule has 0 saturated carbocycles. The Hall–Kier alpha value is -3.59. The van der Waals surface area contributed by atoms with Crippen LogP contribution in [-0.2, 0) is 13.2 Å². The third-order valence-electron chi connectivity index (χ3n) is 5.28. The van der Waals surface area contributed by atoms with Gasteiger partial charge in [0.25, 0.3) is 0 Å². The van der Waals surface area contributed by atoms with Crippen molar-refractivity contribution in [3.63, 3.8) is 0 Å². The average molecular weight is 378 g/mol. The largest absolute Gasteiger partial charge is 0.486 e. The fourth-order valence-corrected chi connectivity index (χ4v) is 3.71. The number of aromatic nitrogens is 2. The maximum atomic E-state index is 6.04. The summed E-state index contributed by atoms with van der Waals surface area (Å²) in [5.74, 6) is 1.79. The molecule has 0 atom stereocenters. The van der Waals surface area contributed by atoms with Gasteiger partial charge in [-0.1, -0.05) is 66.2 Å². The molecule has 142 valence electrons. The lowest BCUT2D eigenvalue weighted by molar-refractivity contribution is 0.291. The van der Waals surface area contributed by atoms with Gasteiger partial charge in [-0.15, -0.1) is 0 Å². The van der Waals surface area contributed by atoms with Crippen LogP contribution in [0.2, 0.25) is 0 Å². The van der Waals surface area contributed by atoms with Crippen molar-refractivity contribution in [3.8, 4) is 5.75 Å². The third kappa shape index (κ3) is 3.59. The second-order valence-corrected chi connectivity index (χ2v) is 7.39. The summed E-state index contributed by atoms with van der Waals surface area (Å²) in [7, 11) is 0. The highest BCUT2D eigenvalue weighted by Gasteiger charge is 2.12. The van der Waals surface area contributed by atoms with Crippen LogP contribution >= 0.6 is 0 Å². The molecule has 0 fully saturated rings. The second-order valence-electron chi connectivity index (χ2n) is 7.39. The molecule has 0 radical (unpaired) electrons. The molecule has 29 heavy (non-hydrogen) atoms. The van der Waals surface area contributed by atoms with Gasteiger partial charge in [0, 0.05) is 6.54 Å². The molecule has 0 aliphatic rings. The predicted molar refractivity (Wildman–Crippen MR) is 118 cm³/mol. The Bertz CT molecular complexity index is 1290. The Kier molecular flexibility index (Phi) is 4.49. The normalized spacial score (nSPS) is 11.2. The number of hydrogen-bond acceptors (Lipinski definition) is 2. The van der Waals surface area contributed by atoms with Crippen molar-refractivity contribution in [1.29, 1.82) is 0 Å². The van der Waals surface area contributed by atoms with Crippen LogP contribution in [0.4, 0.5) is 0 Å². The number of hydrogen-bond donors (Lipinski definition) is 0. The van der Waals surface area contributed by atoms with E-state index in [9.17, 15) is 0 Å². The van der Waals surface area contributed by atoms with Crippen LogP contribution in [0, 0.1) is 6.92 Å². The molecule has 0 bridgehead atoms. The van der Waals surface area contributed by atoms with E-state index in [0.29, 0.717) is 6.61 Å². The summed E-state index contributed by atoms with van der Waals surface area (Å²) in [4.78, 5) is 4.84. The number of para-hydroxylation sites is 2. The van der Waals surface area contributed by atoms with E-state index >= 15 is 0 Å². The zero-order valence-electron chi connectivity index (χ0n) is 16.4. The molecule has 0 spiro atoms. The van der Waals surface area contributed by atoms with Crippen molar-refractivity contribution in [3.05, 3.63) is 108 Å². The highest BCUT2D eigenvalue weighted by Crippen LogP contribution is 2.22. The number of rotatable bonds is 5. The SMILES string of the molecule is Cc1ccc(OCc2nc3ccccc3n2Cc2ccc3ccccc3c2)cc1. The van der Waals surface area contributed by atoms with Crippen molar-refractivity contribution in [2.75, 3.05) is 0 Å². The van der Waals surface area contributed by atoms with Gasteiger partial charge < -0.3 is 9.30 Å². The van der Waals surface area contributed by atoms with E-state index in [0.717, 1.165) is 29.2 Å². The highest BCUT2D eigenvalue weighted by atomic mass is 16.5. The van der Waals surface area contributed by atoms with Gasteiger partial charge in [0.2, 0.25) is 0 Å². The first-order valence-corrected chi connectivity index (χ1v) is 9.87. The van der Waals surface area contributed by atoms with Gasteiger partial charge in [0.15, 0.2) is 0 Å². The lowest BCUT2D eigenvalue weighted by atomic mass is 10.1. The Morgan fingerprint density at radius 1 is 0.793 bits per heavy atom. The van der Waals surface area contributed by atoms with E-state index in [1.165, 1.54) is 21.9 Å². The molecule has 1 aromatic heterocycles. The summed E-state index contributed by atoms with van der Waals surface area (Å²) in [5.41, 5.74) is 4.60. The fraction of sp³-hybridized carbons (Fsp3) is 0.115. The maximum absolute atomic E-state index is 6.04. The molecule has 0 amide bonds. The summed E-state index contributed by atoms with van der Waals surface area (Å²) in [6.45, 7) is 3.27. The summed E-state index contributed by atoms with van der Waals surface area (Å²) in [5, 5.41) is 2.52.